The lowest BCUT2D eigenvalue weighted by molar-refractivity contribution is 0.0698. The first kappa shape index (κ1) is 15.6. The molecule has 0 saturated carbocycles. The van der Waals surface area contributed by atoms with Crippen LogP contribution in [0.4, 0.5) is 5.69 Å². The number of rotatable bonds is 3. The van der Waals surface area contributed by atoms with Crippen LogP contribution >= 0.6 is 34.8 Å². The zero-order chi connectivity index (χ0) is 15.6. The van der Waals surface area contributed by atoms with Crippen molar-refractivity contribution < 1.29 is 14.7 Å². The molecular formula is C13H7Cl3N2O3. The van der Waals surface area contributed by atoms with E-state index in [0.29, 0.717) is 0 Å². The lowest BCUT2D eigenvalue weighted by atomic mass is 10.1. The quantitative estimate of drug-likeness (QED) is 0.824. The van der Waals surface area contributed by atoms with Gasteiger partial charge in [-0.1, -0.05) is 40.9 Å². The highest BCUT2D eigenvalue weighted by atomic mass is 35.5. The molecule has 5 nitrogen and oxygen atoms in total. The number of aromatic carboxylic acids is 1. The van der Waals surface area contributed by atoms with Gasteiger partial charge in [-0.15, -0.1) is 0 Å². The minimum absolute atomic E-state index is 0.00952. The van der Waals surface area contributed by atoms with Crippen LogP contribution in [0.25, 0.3) is 0 Å². The van der Waals surface area contributed by atoms with E-state index >= 15 is 0 Å². The molecular weight excluding hydrogens is 339 g/mol. The number of nitrogens with zero attached hydrogens (tertiary/aromatic N) is 1. The fourth-order valence-corrected chi connectivity index (χ4v) is 2.29. The van der Waals surface area contributed by atoms with Gasteiger partial charge in [0, 0.05) is 5.02 Å². The third-order valence-electron chi connectivity index (χ3n) is 2.47. The SMILES string of the molecule is O=C(Nc1c(Cl)cc(Cl)cc1C(=O)O)c1cccc(Cl)n1. The summed E-state index contributed by atoms with van der Waals surface area (Å²) in [5, 5.41) is 11.8. The molecule has 0 spiro atoms. The number of carboxylic acids is 1. The predicted octanol–water partition coefficient (Wildman–Crippen LogP) is 3.99. The maximum absolute atomic E-state index is 12.1. The number of carboxylic acid groups (broad SMARTS) is 1. The molecule has 8 heteroatoms. The average Bonchev–Trinajstić information content (AvgIpc) is 2.41. The maximum Gasteiger partial charge on any atom is 0.337 e. The molecule has 0 atom stereocenters. The van der Waals surface area contributed by atoms with Crippen LogP contribution in [0.1, 0.15) is 20.8 Å². The molecule has 0 aliphatic heterocycles. The third kappa shape index (κ3) is 3.64. The molecule has 108 valence electrons. The summed E-state index contributed by atoms with van der Waals surface area (Å²) < 4.78 is 0. The summed E-state index contributed by atoms with van der Waals surface area (Å²) in [6, 6.07) is 7.01. The van der Waals surface area contributed by atoms with Crippen LogP contribution < -0.4 is 5.32 Å². The molecule has 0 fully saturated rings. The normalized spacial score (nSPS) is 10.2. The van der Waals surface area contributed by atoms with Gasteiger partial charge in [-0.05, 0) is 24.3 Å². The molecule has 0 saturated heterocycles. The first-order valence-corrected chi connectivity index (χ1v) is 6.68. The molecule has 0 bridgehead atoms. The first-order chi connectivity index (χ1) is 9.88. The van der Waals surface area contributed by atoms with E-state index in [4.69, 9.17) is 39.9 Å². The average molecular weight is 346 g/mol. The molecule has 2 rings (SSSR count). The number of nitrogens with one attached hydrogen (secondary N) is 1. The van der Waals surface area contributed by atoms with Crippen molar-refractivity contribution in [3.05, 3.63) is 56.8 Å². The first-order valence-electron chi connectivity index (χ1n) is 5.54. The smallest absolute Gasteiger partial charge is 0.337 e. The summed E-state index contributed by atoms with van der Waals surface area (Å²) in [6.07, 6.45) is 0. The fourth-order valence-electron chi connectivity index (χ4n) is 1.58. The van der Waals surface area contributed by atoms with Crippen molar-refractivity contribution >= 4 is 52.4 Å². The molecule has 0 unspecified atom stereocenters. The number of anilines is 1. The molecule has 1 aromatic heterocycles. The van der Waals surface area contributed by atoms with E-state index in [9.17, 15) is 9.59 Å². The minimum atomic E-state index is -1.27. The topological polar surface area (TPSA) is 79.3 Å². The Balaban J connectivity index is 2.39. The van der Waals surface area contributed by atoms with E-state index in [-0.39, 0.29) is 32.1 Å². The molecule has 2 aromatic rings. The van der Waals surface area contributed by atoms with Crippen molar-refractivity contribution in [1.29, 1.82) is 0 Å². The second-order valence-electron chi connectivity index (χ2n) is 3.92. The Morgan fingerprint density at radius 1 is 1.14 bits per heavy atom. The van der Waals surface area contributed by atoms with Crippen molar-refractivity contribution in [2.75, 3.05) is 5.32 Å². The zero-order valence-electron chi connectivity index (χ0n) is 10.2. The molecule has 1 aromatic carbocycles. The van der Waals surface area contributed by atoms with E-state index in [1.165, 1.54) is 24.3 Å². The predicted molar refractivity (Wildman–Crippen MR) is 80.6 cm³/mol. The summed E-state index contributed by atoms with van der Waals surface area (Å²) in [4.78, 5) is 27.1. The molecule has 2 N–H and O–H groups in total. The number of carbonyl (C=O) groups excluding carboxylic acids is 1. The summed E-state index contributed by atoms with van der Waals surface area (Å²) in [6.45, 7) is 0. The minimum Gasteiger partial charge on any atom is -0.478 e. The van der Waals surface area contributed by atoms with Crippen molar-refractivity contribution in [2.24, 2.45) is 0 Å². The van der Waals surface area contributed by atoms with Gasteiger partial charge < -0.3 is 10.4 Å². The van der Waals surface area contributed by atoms with E-state index in [0.717, 1.165) is 0 Å². The third-order valence-corrected chi connectivity index (χ3v) is 3.20. The number of carbonyl (C=O) groups is 2. The summed E-state index contributed by atoms with van der Waals surface area (Å²) in [5.41, 5.74) is -0.243. The second-order valence-corrected chi connectivity index (χ2v) is 5.15. The highest BCUT2D eigenvalue weighted by Gasteiger charge is 2.18. The molecule has 1 amide bonds. The fraction of sp³-hybridized carbons (Fsp3) is 0. The Hall–Kier alpha value is -1.82. The number of benzene rings is 1. The molecule has 21 heavy (non-hydrogen) atoms. The van der Waals surface area contributed by atoms with E-state index in [1.807, 2.05) is 0 Å². The number of halogens is 3. The number of aromatic nitrogens is 1. The van der Waals surface area contributed by atoms with Gasteiger partial charge in [0.2, 0.25) is 0 Å². The van der Waals surface area contributed by atoms with Gasteiger partial charge in [-0.25, -0.2) is 9.78 Å². The van der Waals surface area contributed by atoms with Crippen LogP contribution in [0.3, 0.4) is 0 Å². The van der Waals surface area contributed by atoms with Crippen molar-refractivity contribution in [2.45, 2.75) is 0 Å². The van der Waals surface area contributed by atoms with Gasteiger partial charge in [0.05, 0.1) is 16.3 Å². The van der Waals surface area contributed by atoms with Crippen LogP contribution in [0.15, 0.2) is 30.3 Å². The Morgan fingerprint density at radius 2 is 1.86 bits per heavy atom. The highest BCUT2D eigenvalue weighted by molar-refractivity contribution is 6.38. The van der Waals surface area contributed by atoms with Crippen molar-refractivity contribution in [3.63, 3.8) is 0 Å². The highest BCUT2D eigenvalue weighted by Crippen LogP contribution is 2.30. The second kappa shape index (κ2) is 6.30. The molecule has 0 aliphatic rings. The van der Waals surface area contributed by atoms with Gasteiger partial charge >= 0.3 is 5.97 Å². The van der Waals surface area contributed by atoms with Crippen LogP contribution in [-0.4, -0.2) is 22.0 Å². The van der Waals surface area contributed by atoms with Crippen molar-refractivity contribution in [3.8, 4) is 0 Å². The van der Waals surface area contributed by atoms with E-state index in [2.05, 4.69) is 10.3 Å². The van der Waals surface area contributed by atoms with E-state index < -0.39 is 11.9 Å². The van der Waals surface area contributed by atoms with Gasteiger partial charge in [0.25, 0.3) is 5.91 Å². The van der Waals surface area contributed by atoms with Gasteiger partial charge in [-0.2, -0.15) is 0 Å². The van der Waals surface area contributed by atoms with Crippen LogP contribution in [0, 0.1) is 0 Å². The summed E-state index contributed by atoms with van der Waals surface area (Å²) >= 11 is 17.4. The number of pyridine rings is 1. The molecule has 0 radical (unpaired) electrons. The Bertz CT molecular complexity index is 735. The monoisotopic (exact) mass is 344 g/mol. The lowest BCUT2D eigenvalue weighted by Crippen LogP contribution is -2.16. The lowest BCUT2D eigenvalue weighted by Gasteiger charge is -2.11. The Morgan fingerprint density at radius 3 is 2.48 bits per heavy atom. The number of amides is 1. The summed E-state index contributed by atoms with van der Waals surface area (Å²) in [5.74, 6) is -1.90. The summed E-state index contributed by atoms with van der Waals surface area (Å²) in [7, 11) is 0. The van der Waals surface area contributed by atoms with Gasteiger partial charge in [0.15, 0.2) is 0 Å². The van der Waals surface area contributed by atoms with Crippen LogP contribution in [0.5, 0.6) is 0 Å². The van der Waals surface area contributed by atoms with Gasteiger partial charge in [0.1, 0.15) is 10.8 Å². The van der Waals surface area contributed by atoms with Gasteiger partial charge in [-0.3, -0.25) is 4.79 Å². The number of hydrogen-bond acceptors (Lipinski definition) is 3. The largest absolute Gasteiger partial charge is 0.478 e. The van der Waals surface area contributed by atoms with E-state index in [1.54, 1.807) is 6.07 Å². The Kier molecular flexibility index (Phi) is 4.67. The Labute approximate surface area is 134 Å². The van der Waals surface area contributed by atoms with Crippen LogP contribution in [0.2, 0.25) is 15.2 Å². The molecule has 0 aliphatic carbocycles. The standard InChI is InChI=1S/C13H7Cl3N2O3/c14-6-4-7(13(20)21)11(8(15)5-6)18-12(19)9-2-1-3-10(16)17-9/h1-5H,(H,18,19)(H,20,21). The maximum atomic E-state index is 12.1. The number of hydrogen-bond donors (Lipinski definition) is 2. The zero-order valence-corrected chi connectivity index (χ0v) is 12.5. The molecule has 1 heterocycles. The van der Waals surface area contributed by atoms with Crippen molar-refractivity contribution in [1.82, 2.24) is 4.98 Å². The van der Waals surface area contributed by atoms with Crippen LogP contribution in [-0.2, 0) is 0 Å².